The predicted octanol–water partition coefficient (Wildman–Crippen LogP) is -1.58. The number of unbranched alkanes of at least 4 members (excludes halogenated alkanes) is 1. The third kappa shape index (κ3) is 3.52. The van der Waals surface area contributed by atoms with E-state index in [0.29, 0.717) is 11.7 Å². The molecule has 4 atom stereocenters. The molecule has 1 heterocycles. The number of piperidine rings is 1. The van der Waals surface area contributed by atoms with Crippen molar-refractivity contribution in [1.82, 2.24) is 10.2 Å². The number of nitrogens with zero attached hydrogens (tertiary/aromatic N) is 1. The van der Waals surface area contributed by atoms with E-state index < -0.39 is 24.4 Å². The van der Waals surface area contributed by atoms with Crippen molar-refractivity contribution in [3.63, 3.8) is 0 Å². The summed E-state index contributed by atoms with van der Waals surface area (Å²) in [5.41, 5.74) is 0. The van der Waals surface area contributed by atoms with Gasteiger partial charge in [0.25, 0.3) is 0 Å². The van der Waals surface area contributed by atoms with E-state index >= 15 is 0 Å². The Labute approximate surface area is 112 Å². The van der Waals surface area contributed by atoms with Crippen LogP contribution in [0.3, 0.4) is 0 Å². The highest BCUT2D eigenvalue weighted by Crippen LogP contribution is 2.19. The largest absolute Gasteiger partial charge is 0.394 e. The Morgan fingerprint density at radius 1 is 1.33 bits per heavy atom. The zero-order valence-electron chi connectivity index (χ0n) is 10.5. The summed E-state index contributed by atoms with van der Waals surface area (Å²) in [5.74, 6) is 0. The molecule has 7 heteroatoms. The highest BCUT2D eigenvalue weighted by molar-refractivity contribution is 7.80. The van der Waals surface area contributed by atoms with Crippen LogP contribution >= 0.6 is 12.2 Å². The summed E-state index contributed by atoms with van der Waals surface area (Å²) in [6.07, 6.45) is -1.55. The van der Waals surface area contributed by atoms with E-state index in [9.17, 15) is 20.4 Å². The average molecular weight is 278 g/mol. The molecule has 0 bridgehead atoms. The number of aliphatic hydroxyl groups is 4. The second kappa shape index (κ2) is 7.20. The zero-order chi connectivity index (χ0) is 13.7. The lowest BCUT2D eigenvalue weighted by atomic mass is 9.95. The van der Waals surface area contributed by atoms with Crippen molar-refractivity contribution in [2.24, 2.45) is 0 Å². The summed E-state index contributed by atoms with van der Waals surface area (Å²) < 4.78 is 0. The molecule has 0 aliphatic carbocycles. The SMILES string of the molecule is CCCCNC(=S)N1C[C@H](O)[C@@H](O)[C@@H](O)[C@H]1CO. The standard InChI is InChI=1S/C11H22N2O4S/c1-2-3-4-12-11(18)13-5-8(15)10(17)9(16)7(13)6-14/h7-10,14-17H,2-6H2,1H3,(H,12,18)/t7-,8+,9+,10-/m1/s1. The van der Waals surface area contributed by atoms with Crippen LogP contribution in [0.1, 0.15) is 19.8 Å². The molecule has 1 aliphatic rings. The molecule has 0 spiro atoms. The van der Waals surface area contributed by atoms with E-state index in [2.05, 4.69) is 12.2 Å². The fourth-order valence-electron chi connectivity index (χ4n) is 2.00. The fourth-order valence-corrected chi connectivity index (χ4v) is 2.31. The molecule has 18 heavy (non-hydrogen) atoms. The maximum Gasteiger partial charge on any atom is 0.169 e. The summed E-state index contributed by atoms with van der Waals surface area (Å²) in [6, 6.07) is -0.690. The van der Waals surface area contributed by atoms with Crippen LogP contribution in [-0.2, 0) is 0 Å². The summed E-state index contributed by atoms with van der Waals surface area (Å²) in [4.78, 5) is 1.53. The number of likely N-dealkylation sites (tertiary alicyclic amines) is 1. The molecule has 0 aromatic carbocycles. The van der Waals surface area contributed by atoms with Crippen molar-refractivity contribution in [2.45, 2.75) is 44.1 Å². The number of β-amino-alcohol motifs (C(OH)–C–C–N with tert-alkyl or cyclic N) is 1. The number of aliphatic hydroxyl groups excluding tert-OH is 4. The number of rotatable bonds is 4. The molecule has 0 radical (unpaired) electrons. The van der Waals surface area contributed by atoms with Crippen molar-refractivity contribution < 1.29 is 20.4 Å². The van der Waals surface area contributed by atoms with Gasteiger partial charge in [0, 0.05) is 13.1 Å². The molecule has 1 fully saturated rings. The summed E-state index contributed by atoms with van der Waals surface area (Å²) in [6.45, 7) is 2.53. The van der Waals surface area contributed by atoms with Gasteiger partial charge in [-0.2, -0.15) is 0 Å². The zero-order valence-corrected chi connectivity index (χ0v) is 11.3. The van der Waals surface area contributed by atoms with Crippen LogP contribution < -0.4 is 5.32 Å². The number of hydrogen-bond donors (Lipinski definition) is 5. The predicted molar refractivity (Wildman–Crippen MR) is 71.1 cm³/mol. The summed E-state index contributed by atoms with van der Waals surface area (Å²) >= 11 is 5.18. The van der Waals surface area contributed by atoms with Crippen molar-refractivity contribution in [1.29, 1.82) is 0 Å². The highest BCUT2D eigenvalue weighted by atomic mass is 32.1. The van der Waals surface area contributed by atoms with E-state index in [4.69, 9.17) is 12.2 Å². The molecule has 0 unspecified atom stereocenters. The van der Waals surface area contributed by atoms with Crippen LogP contribution in [0.4, 0.5) is 0 Å². The molecule has 0 amide bonds. The van der Waals surface area contributed by atoms with E-state index in [1.165, 1.54) is 4.90 Å². The van der Waals surface area contributed by atoms with Crippen molar-refractivity contribution in [3.05, 3.63) is 0 Å². The molecule has 6 nitrogen and oxygen atoms in total. The van der Waals surface area contributed by atoms with E-state index in [-0.39, 0.29) is 13.2 Å². The molecule has 1 aliphatic heterocycles. The third-order valence-corrected chi connectivity index (χ3v) is 3.56. The number of nitrogens with one attached hydrogen (secondary N) is 1. The molecule has 1 rings (SSSR count). The van der Waals surface area contributed by atoms with Crippen molar-refractivity contribution in [3.8, 4) is 0 Å². The first kappa shape index (κ1) is 15.6. The van der Waals surface area contributed by atoms with Crippen molar-refractivity contribution in [2.75, 3.05) is 19.7 Å². The smallest absolute Gasteiger partial charge is 0.169 e. The summed E-state index contributed by atoms with van der Waals surface area (Å²) in [7, 11) is 0. The van der Waals surface area contributed by atoms with Gasteiger partial charge in [-0.25, -0.2) is 0 Å². The first-order chi connectivity index (χ1) is 8.52. The molecule has 5 N–H and O–H groups in total. The van der Waals surface area contributed by atoms with Gasteiger partial charge in [0.05, 0.1) is 12.6 Å². The molecule has 106 valence electrons. The normalized spacial score (nSPS) is 32.4. The van der Waals surface area contributed by atoms with E-state index in [0.717, 1.165) is 12.8 Å². The first-order valence-corrected chi connectivity index (χ1v) is 6.63. The average Bonchev–Trinajstić information content (AvgIpc) is 2.35. The summed E-state index contributed by atoms with van der Waals surface area (Å²) in [5, 5.41) is 41.7. The Hall–Kier alpha value is -0.470. The maximum atomic E-state index is 9.80. The Morgan fingerprint density at radius 3 is 2.56 bits per heavy atom. The minimum atomic E-state index is -1.25. The van der Waals surface area contributed by atoms with Gasteiger partial charge in [0.2, 0.25) is 0 Å². The molecule has 0 aromatic heterocycles. The first-order valence-electron chi connectivity index (χ1n) is 6.22. The van der Waals surface area contributed by atoms with Crippen LogP contribution in [-0.4, -0.2) is 74.5 Å². The van der Waals surface area contributed by atoms with Gasteiger partial charge >= 0.3 is 0 Å². The topological polar surface area (TPSA) is 96.2 Å². The Kier molecular flexibility index (Phi) is 6.24. The van der Waals surface area contributed by atoms with Gasteiger partial charge < -0.3 is 30.6 Å². The van der Waals surface area contributed by atoms with E-state index in [1.54, 1.807) is 0 Å². The fraction of sp³-hybridized carbons (Fsp3) is 0.909. The maximum absolute atomic E-state index is 9.80. The molecule has 0 aromatic rings. The van der Waals surface area contributed by atoms with E-state index in [1.807, 2.05) is 0 Å². The second-order valence-corrected chi connectivity index (χ2v) is 4.92. The van der Waals surface area contributed by atoms with Gasteiger partial charge in [-0.1, -0.05) is 13.3 Å². The van der Waals surface area contributed by atoms with Gasteiger partial charge in [0.15, 0.2) is 5.11 Å². The van der Waals surface area contributed by atoms with Crippen molar-refractivity contribution >= 4 is 17.3 Å². The third-order valence-electron chi connectivity index (χ3n) is 3.18. The molecule has 1 saturated heterocycles. The van der Waals surface area contributed by atoms with Crippen LogP contribution in [0.25, 0.3) is 0 Å². The van der Waals surface area contributed by atoms with Gasteiger partial charge in [0.1, 0.15) is 18.3 Å². The Bertz CT molecular complexity index is 280. The Morgan fingerprint density at radius 2 is 2.00 bits per heavy atom. The monoisotopic (exact) mass is 278 g/mol. The van der Waals surface area contributed by atoms with Gasteiger partial charge in [-0.05, 0) is 18.6 Å². The van der Waals surface area contributed by atoms with Crippen LogP contribution in [0, 0.1) is 0 Å². The number of thiocarbonyl (C=S) groups is 1. The van der Waals surface area contributed by atoms with Crippen LogP contribution in [0.15, 0.2) is 0 Å². The lowest BCUT2D eigenvalue weighted by Crippen LogP contribution is -2.65. The van der Waals surface area contributed by atoms with Crippen LogP contribution in [0.2, 0.25) is 0 Å². The lowest BCUT2D eigenvalue weighted by Gasteiger charge is -2.44. The van der Waals surface area contributed by atoms with Gasteiger partial charge in [-0.3, -0.25) is 0 Å². The molecular weight excluding hydrogens is 256 g/mol. The second-order valence-electron chi connectivity index (χ2n) is 4.54. The van der Waals surface area contributed by atoms with Crippen LogP contribution in [0.5, 0.6) is 0 Å². The molecular formula is C11H22N2O4S. The molecule has 0 saturated carbocycles. The quantitative estimate of drug-likeness (QED) is 0.313. The Balaban J connectivity index is 2.63. The highest BCUT2D eigenvalue weighted by Gasteiger charge is 2.41. The number of hydrogen-bond acceptors (Lipinski definition) is 5. The lowest BCUT2D eigenvalue weighted by molar-refractivity contribution is -0.128. The minimum absolute atomic E-state index is 0.0986. The minimum Gasteiger partial charge on any atom is -0.394 e. The van der Waals surface area contributed by atoms with Gasteiger partial charge in [-0.15, -0.1) is 0 Å².